The Morgan fingerprint density at radius 3 is 2.40 bits per heavy atom. The van der Waals surface area contributed by atoms with Crippen LogP contribution >= 0.6 is 0 Å². The molecule has 25 heavy (non-hydrogen) atoms. The number of ketones is 1. The zero-order valence-corrected chi connectivity index (χ0v) is 15.2. The SMILES string of the molecule is CC(=O)c1cccc(S(=O)(=O)NCC#Cc2ccc(N(C)C)cc2)c1. The average molecular weight is 356 g/mol. The summed E-state index contributed by atoms with van der Waals surface area (Å²) in [6.07, 6.45) is 0. The van der Waals surface area contributed by atoms with E-state index in [1.807, 2.05) is 43.3 Å². The van der Waals surface area contributed by atoms with Crippen LogP contribution in [0.3, 0.4) is 0 Å². The lowest BCUT2D eigenvalue weighted by Crippen LogP contribution is -2.24. The van der Waals surface area contributed by atoms with Gasteiger partial charge in [-0.1, -0.05) is 24.0 Å². The van der Waals surface area contributed by atoms with Gasteiger partial charge in [-0.2, -0.15) is 4.72 Å². The molecule has 0 amide bonds. The zero-order chi connectivity index (χ0) is 18.4. The molecule has 0 saturated heterocycles. The van der Waals surface area contributed by atoms with Crippen molar-refractivity contribution in [3.8, 4) is 11.8 Å². The van der Waals surface area contributed by atoms with Gasteiger partial charge < -0.3 is 4.90 Å². The minimum absolute atomic E-state index is 0.0118. The van der Waals surface area contributed by atoms with Crippen LogP contribution in [0.15, 0.2) is 53.4 Å². The summed E-state index contributed by atoms with van der Waals surface area (Å²) >= 11 is 0. The Morgan fingerprint density at radius 2 is 1.80 bits per heavy atom. The lowest BCUT2D eigenvalue weighted by atomic mass is 10.2. The second-order valence-electron chi connectivity index (χ2n) is 5.65. The van der Waals surface area contributed by atoms with E-state index in [9.17, 15) is 13.2 Å². The summed E-state index contributed by atoms with van der Waals surface area (Å²) in [6.45, 7) is 1.38. The van der Waals surface area contributed by atoms with Crippen molar-refractivity contribution in [3.05, 3.63) is 59.7 Å². The number of nitrogens with zero attached hydrogens (tertiary/aromatic N) is 1. The van der Waals surface area contributed by atoms with Crippen LogP contribution in [0.4, 0.5) is 5.69 Å². The molecule has 2 rings (SSSR count). The average Bonchev–Trinajstić information content (AvgIpc) is 2.59. The van der Waals surface area contributed by atoms with Gasteiger partial charge in [0.15, 0.2) is 5.78 Å². The third kappa shape index (κ3) is 5.18. The lowest BCUT2D eigenvalue weighted by Gasteiger charge is -2.11. The number of carbonyl (C=O) groups excluding carboxylic acids is 1. The Balaban J connectivity index is 2.03. The maximum absolute atomic E-state index is 12.2. The van der Waals surface area contributed by atoms with E-state index in [0.29, 0.717) is 5.56 Å². The predicted octanol–water partition coefficient (Wildman–Crippen LogP) is 2.29. The fourth-order valence-electron chi connectivity index (χ4n) is 2.09. The molecule has 0 unspecified atom stereocenters. The smallest absolute Gasteiger partial charge is 0.241 e. The van der Waals surface area contributed by atoms with Crippen molar-refractivity contribution in [1.29, 1.82) is 0 Å². The summed E-state index contributed by atoms with van der Waals surface area (Å²) in [7, 11) is 0.210. The molecule has 0 aliphatic heterocycles. The third-order valence-electron chi connectivity index (χ3n) is 3.52. The van der Waals surface area contributed by atoms with Crippen molar-refractivity contribution in [3.63, 3.8) is 0 Å². The second-order valence-corrected chi connectivity index (χ2v) is 7.42. The lowest BCUT2D eigenvalue weighted by molar-refractivity contribution is 0.101. The molecule has 1 N–H and O–H groups in total. The van der Waals surface area contributed by atoms with Crippen LogP contribution < -0.4 is 9.62 Å². The van der Waals surface area contributed by atoms with Crippen LogP contribution in [-0.2, 0) is 10.0 Å². The molecular formula is C19H20N2O3S. The molecule has 0 radical (unpaired) electrons. The fourth-order valence-corrected chi connectivity index (χ4v) is 3.05. The number of Topliss-reactive ketones (excluding diaryl/α,β-unsaturated/α-hetero) is 1. The molecule has 0 atom stereocenters. The summed E-state index contributed by atoms with van der Waals surface area (Å²) in [4.78, 5) is 13.4. The molecule has 0 bridgehead atoms. The van der Waals surface area contributed by atoms with E-state index < -0.39 is 10.0 Å². The molecule has 0 heterocycles. The topological polar surface area (TPSA) is 66.5 Å². The van der Waals surface area contributed by atoms with E-state index in [0.717, 1.165) is 11.3 Å². The van der Waals surface area contributed by atoms with E-state index in [1.165, 1.54) is 19.1 Å². The van der Waals surface area contributed by atoms with Crippen LogP contribution in [-0.4, -0.2) is 34.8 Å². The van der Waals surface area contributed by atoms with Crippen molar-refractivity contribution in [2.45, 2.75) is 11.8 Å². The number of hydrogen-bond donors (Lipinski definition) is 1. The maximum atomic E-state index is 12.2. The van der Waals surface area contributed by atoms with Crippen molar-refractivity contribution < 1.29 is 13.2 Å². The highest BCUT2D eigenvalue weighted by Gasteiger charge is 2.14. The molecule has 130 valence electrons. The standard InChI is InChI=1S/C19H20N2O3S/c1-15(22)17-7-4-8-19(14-17)25(23,24)20-13-5-6-16-9-11-18(12-10-16)21(2)3/h4,7-12,14,20H,13H2,1-3H3. The van der Waals surface area contributed by atoms with Gasteiger partial charge in [-0.25, -0.2) is 8.42 Å². The molecule has 6 heteroatoms. The number of rotatable bonds is 5. The minimum atomic E-state index is -3.70. The van der Waals surface area contributed by atoms with Crippen LogP contribution in [0.5, 0.6) is 0 Å². The van der Waals surface area contributed by atoms with Gasteiger partial charge in [0.2, 0.25) is 10.0 Å². The van der Waals surface area contributed by atoms with Crippen LogP contribution in [0.2, 0.25) is 0 Å². The van der Waals surface area contributed by atoms with Gasteiger partial charge in [-0.05, 0) is 43.3 Å². The van der Waals surface area contributed by atoms with Gasteiger partial charge in [-0.3, -0.25) is 4.79 Å². The summed E-state index contributed by atoms with van der Waals surface area (Å²) in [5.41, 5.74) is 2.23. The predicted molar refractivity (Wildman–Crippen MR) is 99.3 cm³/mol. The van der Waals surface area contributed by atoms with Gasteiger partial charge >= 0.3 is 0 Å². The highest BCUT2D eigenvalue weighted by Crippen LogP contribution is 2.12. The van der Waals surface area contributed by atoms with Gasteiger partial charge in [0.1, 0.15) is 0 Å². The van der Waals surface area contributed by atoms with Crippen LogP contribution in [0.25, 0.3) is 0 Å². The molecule has 0 aliphatic carbocycles. The van der Waals surface area contributed by atoms with Crippen molar-refractivity contribution in [2.75, 3.05) is 25.5 Å². The Morgan fingerprint density at radius 1 is 1.12 bits per heavy atom. The molecule has 0 fully saturated rings. The molecule has 0 saturated carbocycles. The highest BCUT2D eigenvalue weighted by atomic mass is 32.2. The highest BCUT2D eigenvalue weighted by molar-refractivity contribution is 7.89. The first-order chi connectivity index (χ1) is 11.8. The number of anilines is 1. The molecule has 0 aromatic heterocycles. The van der Waals surface area contributed by atoms with Crippen molar-refractivity contribution >= 4 is 21.5 Å². The minimum Gasteiger partial charge on any atom is -0.378 e. The number of carbonyl (C=O) groups is 1. The maximum Gasteiger partial charge on any atom is 0.241 e. The Bertz CT molecular complexity index is 921. The zero-order valence-electron chi connectivity index (χ0n) is 14.4. The van der Waals surface area contributed by atoms with Gasteiger partial charge in [0.05, 0.1) is 11.4 Å². The first-order valence-electron chi connectivity index (χ1n) is 7.66. The largest absolute Gasteiger partial charge is 0.378 e. The van der Waals surface area contributed by atoms with Crippen LogP contribution in [0.1, 0.15) is 22.8 Å². The Labute approximate surface area is 148 Å². The van der Waals surface area contributed by atoms with Gasteiger partial charge in [0.25, 0.3) is 0 Å². The summed E-state index contributed by atoms with van der Waals surface area (Å²) < 4.78 is 26.9. The molecular weight excluding hydrogens is 336 g/mol. The van der Waals surface area contributed by atoms with E-state index in [4.69, 9.17) is 0 Å². The normalized spacial score (nSPS) is 10.7. The van der Waals surface area contributed by atoms with E-state index in [1.54, 1.807) is 12.1 Å². The Kier molecular flexibility index (Phi) is 5.97. The number of benzene rings is 2. The molecule has 0 spiro atoms. The van der Waals surface area contributed by atoms with Crippen molar-refractivity contribution in [1.82, 2.24) is 4.72 Å². The number of hydrogen-bond acceptors (Lipinski definition) is 4. The van der Waals surface area contributed by atoms with Gasteiger partial charge in [-0.15, -0.1) is 0 Å². The van der Waals surface area contributed by atoms with E-state index in [-0.39, 0.29) is 17.2 Å². The number of sulfonamides is 1. The molecule has 5 nitrogen and oxygen atoms in total. The summed E-state index contributed by atoms with van der Waals surface area (Å²) in [5, 5.41) is 0. The summed E-state index contributed by atoms with van der Waals surface area (Å²) in [6, 6.07) is 13.6. The summed E-state index contributed by atoms with van der Waals surface area (Å²) in [5.74, 6) is 5.53. The molecule has 0 aliphatic rings. The molecule has 2 aromatic rings. The Hall–Kier alpha value is -2.62. The van der Waals surface area contributed by atoms with Crippen LogP contribution in [0, 0.1) is 11.8 Å². The third-order valence-corrected chi connectivity index (χ3v) is 4.92. The van der Waals surface area contributed by atoms with Gasteiger partial charge in [0, 0.05) is 30.9 Å². The van der Waals surface area contributed by atoms with Crippen molar-refractivity contribution in [2.24, 2.45) is 0 Å². The number of nitrogens with one attached hydrogen (secondary N) is 1. The first-order valence-corrected chi connectivity index (χ1v) is 9.15. The van der Waals surface area contributed by atoms with E-state index in [2.05, 4.69) is 16.6 Å². The monoisotopic (exact) mass is 356 g/mol. The molecule has 2 aromatic carbocycles. The fraction of sp³-hybridized carbons (Fsp3) is 0.211. The first kappa shape index (κ1) is 18.7. The second kappa shape index (κ2) is 7.97. The quantitative estimate of drug-likeness (QED) is 0.659. The van der Waals surface area contributed by atoms with E-state index >= 15 is 0 Å².